The van der Waals surface area contributed by atoms with Gasteiger partial charge in [-0.15, -0.1) is 0 Å². The fourth-order valence-corrected chi connectivity index (χ4v) is 6.29. The minimum atomic E-state index is 0.446. The Balaban J connectivity index is 1.87. The summed E-state index contributed by atoms with van der Waals surface area (Å²) in [7, 11) is 0. The Labute approximate surface area is 122 Å². The Kier molecular flexibility index (Phi) is 2.56. The van der Waals surface area contributed by atoms with Gasteiger partial charge in [0.1, 0.15) is 5.75 Å². The van der Waals surface area contributed by atoms with Crippen molar-refractivity contribution in [2.75, 3.05) is 0 Å². The lowest BCUT2D eigenvalue weighted by atomic mass is 9.47. The van der Waals surface area contributed by atoms with E-state index in [4.69, 9.17) is 0 Å². The molecule has 4 bridgehead atoms. The Hall–Kier alpha value is -0.980. The van der Waals surface area contributed by atoms with Gasteiger partial charge in [0.25, 0.3) is 0 Å². The van der Waals surface area contributed by atoms with Crippen molar-refractivity contribution in [1.29, 1.82) is 0 Å². The molecule has 108 valence electrons. The van der Waals surface area contributed by atoms with Gasteiger partial charge >= 0.3 is 0 Å². The predicted octanol–water partition coefficient (Wildman–Crippen LogP) is 4.79. The molecular formula is C19H26O. The number of aromatic hydroxyl groups is 1. The SMILES string of the molecule is Cc1cc(O)c(C)c(C)c1C12CC3CC(CC(C3)C1)C2. The van der Waals surface area contributed by atoms with Crippen molar-refractivity contribution in [1.82, 2.24) is 0 Å². The van der Waals surface area contributed by atoms with Gasteiger partial charge in [-0.3, -0.25) is 0 Å². The van der Waals surface area contributed by atoms with Crippen molar-refractivity contribution < 1.29 is 5.11 Å². The summed E-state index contributed by atoms with van der Waals surface area (Å²) in [6, 6.07) is 2.01. The van der Waals surface area contributed by atoms with Crippen molar-refractivity contribution in [3.05, 3.63) is 28.3 Å². The molecular weight excluding hydrogens is 244 g/mol. The third kappa shape index (κ3) is 1.61. The number of benzene rings is 1. The molecule has 1 aromatic carbocycles. The first-order chi connectivity index (χ1) is 9.48. The monoisotopic (exact) mass is 270 g/mol. The van der Waals surface area contributed by atoms with E-state index >= 15 is 0 Å². The van der Waals surface area contributed by atoms with Gasteiger partial charge < -0.3 is 5.11 Å². The first-order valence-corrected chi connectivity index (χ1v) is 8.29. The molecule has 1 aromatic rings. The van der Waals surface area contributed by atoms with E-state index in [1.165, 1.54) is 49.7 Å². The molecule has 0 aromatic heterocycles. The number of phenols is 1. The van der Waals surface area contributed by atoms with Crippen LogP contribution in [0.5, 0.6) is 5.75 Å². The zero-order chi connectivity index (χ0) is 14.1. The summed E-state index contributed by atoms with van der Waals surface area (Å²) in [4.78, 5) is 0. The Morgan fingerprint density at radius 1 is 0.900 bits per heavy atom. The van der Waals surface area contributed by atoms with E-state index in [0.29, 0.717) is 11.2 Å². The fraction of sp³-hybridized carbons (Fsp3) is 0.684. The second-order valence-corrected chi connectivity index (χ2v) is 8.04. The largest absolute Gasteiger partial charge is 0.508 e. The minimum absolute atomic E-state index is 0.446. The summed E-state index contributed by atoms with van der Waals surface area (Å²) in [5, 5.41) is 10.1. The molecule has 0 saturated heterocycles. The molecule has 5 rings (SSSR count). The van der Waals surface area contributed by atoms with Gasteiger partial charge in [0.2, 0.25) is 0 Å². The van der Waals surface area contributed by atoms with Gasteiger partial charge in [0.15, 0.2) is 0 Å². The predicted molar refractivity (Wildman–Crippen MR) is 82.2 cm³/mol. The van der Waals surface area contributed by atoms with Crippen molar-refractivity contribution in [3.8, 4) is 5.75 Å². The van der Waals surface area contributed by atoms with Gasteiger partial charge in [-0.05, 0) is 111 Å². The zero-order valence-corrected chi connectivity index (χ0v) is 13.0. The summed E-state index contributed by atoms with van der Waals surface area (Å²) in [6.07, 6.45) is 8.71. The lowest BCUT2D eigenvalue weighted by Crippen LogP contribution is -2.49. The molecule has 0 unspecified atom stereocenters. The summed E-state index contributed by atoms with van der Waals surface area (Å²) in [5.41, 5.74) is 5.84. The van der Waals surface area contributed by atoms with Crippen molar-refractivity contribution in [2.24, 2.45) is 17.8 Å². The van der Waals surface area contributed by atoms with Crippen molar-refractivity contribution in [3.63, 3.8) is 0 Å². The molecule has 0 spiro atoms. The number of rotatable bonds is 1. The zero-order valence-electron chi connectivity index (χ0n) is 13.0. The van der Waals surface area contributed by atoms with E-state index in [9.17, 15) is 5.11 Å². The molecule has 1 N–H and O–H groups in total. The van der Waals surface area contributed by atoms with Crippen LogP contribution in [0.3, 0.4) is 0 Å². The molecule has 4 aliphatic rings. The van der Waals surface area contributed by atoms with Gasteiger partial charge in [-0.2, -0.15) is 0 Å². The molecule has 0 amide bonds. The Bertz CT molecular complexity index is 534. The topological polar surface area (TPSA) is 20.2 Å². The van der Waals surface area contributed by atoms with Crippen LogP contribution < -0.4 is 0 Å². The van der Waals surface area contributed by atoms with E-state index in [1.54, 1.807) is 5.56 Å². The highest BCUT2D eigenvalue weighted by Crippen LogP contribution is 2.61. The average Bonchev–Trinajstić information content (AvgIpc) is 2.34. The van der Waals surface area contributed by atoms with Crippen molar-refractivity contribution >= 4 is 0 Å². The molecule has 20 heavy (non-hydrogen) atoms. The summed E-state index contributed by atoms with van der Waals surface area (Å²) < 4.78 is 0. The highest BCUT2D eigenvalue weighted by molar-refractivity contribution is 5.51. The molecule has 0 atom stereocenters. The highest BCUT2D eigenvalue weighted by Gasteiger charge is 2.52. The first kappa shape index (κ1) is 12.7. The molecule has 0 heterocycles. The Morgan fingerprint density at radius 2 is 1.40 bits per heavy atom. The van der Waals surface area contributed by atoms with Crippen LogP contribution >= 0.6 is 0 Å². The molecule has 4 fully saturated rings. The van der Waals surface area contributed by atoms with Gasteiger partial charge in [-0.1, -0.05) is 0 Å². The van der Waals surface area contributed by atoms with Crippen LogP contribution in [0.2, 0.25) is 0 Å². The maximum atomic E-state index is 10.1. The van der Waals surface area contributed by atoms with E-state index in [0.717, 1.165) is 23.3 Å². The lowest BCUT2D eigenvalue weighted by molar-refractivity contribution is -0.00578. The highest BCUT2D eigenvalue weighted by atomic mass is 16.3. The molecule has 4 aliphatic carbocycles. The number of phenolic OH excluding ortho intramolecular Hbond substituents is 1. The number of aryl methyl sites for hydroxylation is 1. The van der Waals surface area contributed by atoms with Crippen LogP contribution in [0.4, 0.5) is 0 Å². The summed E-state index contributed by atoms with van der Waals surface area (Å²) >= 11 is 0. The maximum Gasteiger partial charge on any atom is 0.119 e. The maximum absolute atomic E-state index is 10.1. The van der Waals surface area contributed by atoms with Crippen LogP contribution in [-0.4, -0.2) is 5.11 Å². The van der Waals surface area contributed by atoms with E-state index in [-0.39, 0.29) is 0 Å². The quantitative estimate of drug-likeness (QED) is 0.778. The van der Waals surface area contributed by atoms with Gasteiger partial charge in [-0.25, -0.2) is 0 Å². The third-order valence-electron chi connectivity index (χ3n) is 6.64. The second kappa shape index (κ2) is 4.02. The number of hydrogen-bond donors (Lipinski definition) is 1. The van der Waals surface area contributed by atoms with Crippen LogP contribution in [0.1, 0.15) is 60.8 Å². The normalized spacial score (nSPS) is 38.5. The lowest BCUT2D eigenvalue weighted by Gasteiger charge is -2.58. The first-order valence-electron chi connectivity index (χ1n) is 8.29. The van der Waals surface area contributed by atoms with Gasteiger partial charge in [0, 0.05) is 0 Å². The van der Waals surface area contributed by atoms with Crippen LogP contribution in [-0.2, 0) is 5.41 Å². The fourth-order valence-electron chi connectivity index (χ4n) is 6.29. The standard InChI is InChI=1S/C19H26O/c1-11-4-17(20)12(2)13(3)18(11)19-8-14-5-15(9-19)7-16(6-14)10-19/h4,14-16,20H,5-10H2,1-3H3. The smallest absolute Gasteiger partial charge is 0.119 e. The van der Waals surface area contributed by atoms with Crippen LogP contribution in [0.15, 0.2) is 6.07 Å². The average molecular weight is 270 g/mol. The second-order valence-electron chi connectivity index (χ2n) is 8.04. The van der Waals surface area contributed by atoms with E-state index < -0.39 is 0 Å². The molecule has 1 heteroatoms. The van der Waals surface area contributed by atoms with E-state index in [1.807, 2.05) is 6.07 Å². The third-order valence-corrected chi connectivity index (χ3v) is 6.64. The molecule has 0 aliphatic heterocycles. The number of hydrogen-bond acceptors (Lipinski definition) is 1. The van der Waals surface area contributed by atoms with Crippen molar-refractivity contribution in [2.45, 2.75) is 64.7 Å². The Morgan fingerprint density at radius 3 is 1.90 bits per heavy atom. The van der Waals surface area contributed by atoms with Gasteiger partial charge in [0.05, 0.1) is 0 Å². The molecule has 1 nitrogen and oxygen atoms in total. The molecule has 4 saturated carbocycles. The van der Waals surface area contributed by atoms with Crippen LogP contribution in [0, 0.1) is 38.5 Å². The van der Waals surface area contributed by atoms with E-state index in [2.05, 4.69) is 20.8 Å². The minimum Gasteiger partial charge on any atom is -0.508 e. The summed E-state index contributed by atoms with van der Waals surface area (Å²) in [6.45, 7) is 6.52. The summed E-state index contributed by atoms with van der Waals surface area (Å²) in [5.74, 6) is 3.42. The van der Waals surface area contributed by atoms with Crippen LogP contribution in [0.25, 0.3) is 0 Å². The molecule has 0 radical (unpaired) electrons.